The smallest absolute Gasteiger partial charge is 0.157 e. The van der Waals surface area contributed by atoms with E-state index in [0.29, 0.717) is 5.41 Å². The Kier molecular flexibility index (Phi) is 10.4. The molecular weight excluding hydrogens is 260 g/mol. The normalized spacial score (nSPS) is 26.1. The summed E-state index contributed by atoms with van der Waals surface area (Å²) in [5.74, 6) is 0. The van der Waals surface area contributed by atoms with Crippen LogP contribution in [0.3, 0.4) is 0 Å². The van der Waals surface area contributed by atoms with Crippen molar-refractivity contribution in [3.8, 4) is 0 Å². The molecule has 0 unspecified atom stereocenters. The Morgan fingerprint density at radius 3 is 1.90 bits per heavy atom. The average molecular weight is 299 g/mol. The second kappa shape index (κ2) is 11.5. The van der Waals surface area contributed by atoms with E-state index in [0.717, 1.165) is 19.6 Å². The first-order chi connectivity index (χ1) is 10.3. The lowest BCUT2D eigenvalue weighted by atomic mass is 9.81. The van der Waals surface area contributed by atoms with Gasteiger partial charge in [-0.3, -0.25) is 0 Å². The molecule has 0 aromatic carbocycles. The molecule has 1 aliphatic heterocycles. The van der Waals surface area contributed by atoms with Crippen molar-refractivity contribution < 1.29 is 9.47 Å². The van der Waals surface area contributed by atoms with E-state index in [9.17, 15) is 0 Å². The molecule has 1 rings (SSSR count). The maximum absolute atomic E-state index is 6.00. The number of hydrogen-bond acceptors (Lipinski definition) is 2. The van der Waals surface area contributed by atoms with E-state index in [1.165, 1.54) is 70.6 Å². The lowest BCUT2D eigenvalue weighted by Gasteiger charge is -2.39. The van der Waals surface area contributed by atoms with Crippen LogP contribution in [0.1, 0.15) is 97.8 Å². The molecule has 1 saturated heterocycles. The predicted octanol–water partition coefficient (Wildman–Crippen LogP) is 6.09. The molecule has 2 nitrogen and oxygen atoms in total. The Hall–Kier alpha value is -0.0800. The first-order valence-electron chi connectivity index (χ1n) is 9.49. The minimum atomic E-state index is 0.0712. The monoisotopic (exact) mass is 298 g/mol. The van der Waals surface area contributed by atoms with Gasteiger partial charge in [-0.05, 0) is 25.7 Å². The second-order valence-electron chi connectivity index (χ2n) is 6.92. The molecule has 126 valence electrons. The first-order valence-corrected chi connectivity index (χ1v) is 9.49. The van der Waals surface area contributed by atoms with Gasteiger partial charge in [0.2, 0.25) is 0 Å². The van der Waals surface area contributed by atoms with Crippen molar-refractivity contribution in [1.82, 2.24) is 0 Å². The molecule has 0 saturated carbocycles. The Labute approximate surface area is 133 Å². The van der Waals surface area contributed by atoms with Gasteiger partial charge in [0.15, 0.2) is 6.29 Å². The molecule has 0 spiro atoms. The van der Waals surface area contributed by atoms with E-state index in [1.807, 2.05) is 0 Å². The molecule has 0 N–H and O–H groups in total. The van der Waals surface area contributed by atoms with Crippen molar-refractivity contribution >= 4 is 0 Å². The molecule has 21 heavy (non-hydrogen) atoms. The Morgan fingerprint density at radius 2 is 1.33 bits per heavy atom. The summed E-state index contributed by atoms with van der Waals surface area (Å²) >= 11 is 0. The lowest BCUT2D eigenvalue weighted by Crippen LogP contribution is -2.41. The topological polar surface area (TPSA) is 18.5 Å². The maximum atomic E-state index is 6.00. The van der Waals surface area contributed by atoms with Gasteiger partial charge in [0.1, 0.15) is 0 Å². The van der Waals surface area contributed by atoms with Crippen LogP contribution in [0.4, 0.5) is 0 Å². The largest absolute Gasteiger partial charge is 0.352 e. The molecule has 0 aliphatic carbocycles. The van der Waals surface area contributed by atoms with Crippen LogP contribution in [0.5, 0.6) is 0 Å². The van der Waals surface area contributed by atoms with E-state index >= 15 is 0 Å². The zero-order chi connectivity index (χ0) is 15.4. The van der Waals surface area contributed by atoms with Crippen LogP contribution in [-0.2, 0) is 9.47 Å². The van der Waals surface area contributed by atoms with Crippen molar-refractivity contribution in [2.24, 2.45) is 5.41 Å². The highest BCUT2D eigenvalue weighted by Gasteiger charge is 2.34. The predicted molar refractivity (Wildman–Crippen MR) is 90.6 cm³/mol. The van der Waals surface area contributed by atoms with Crippen LogP contribution < -0.4 is 0 Å². The van der Waals surface area contributed by atoms with Gasteiger partial charge >= 0.3 is 0 Å². The van der Waals surface area contributed by atoms with Gasteiger partial charge in [-0.2, -0.15) is 0 Å². The standard InChI is InChI=1S/C19H38O2/c1-4-7-9-10-11-12-13-14-18-20-16-19(6-3,17-21-18)15-8-5-2/h18H,4-17H2,1-3H3. The molecule has 0 aromatic heterocycles. The van der Waals surface area contributed by atoms with Crippen LogP contribution in [0.2, 0.25) is 0 Å². The Balaban J connectivity index is 2.07. The molecule has 0 aromatic rings. The Morgan fingerprint density at radius 1 is 0.762 bits per heavy atom. The van der Waals surface area contributed by atoms with Crippen LogP contribution in [0, 0.1) is 5.41 Å². The fraction of sp³-hybridized carbons (Fsp3) is 1.00. The van der Waals surface area contributed by atoms with E-state index in [2.05, 4.69) is 20.8 Å². The maximum Gasteiger partial charge on any atom is 0.157 e. The summed E-state index contributed by atoms with van der Waals surface area (Å²) in [5, 5.41) is 0. The second-order valence-corrected chi connectivity index (χ2v) is 6.92. The summed E-state index contributed by atoms with van der Waals surface area (Å²) in [6.07, 6.45) is 15.7. The zero-order valence-electron chi connectivity index (χ0n) is 14.8. The molecule has 0 atom stereocenters. The highest BCUT2D eigenvalue weighted by atomic mass is 16.7. The third kappa shape index (κ3) is 7.65. The highest BCUT2D eigenvalue weighted by Crippen LogP contribution is 2.34. The lowest BCUT2D eigenvalue weighted by molar-refractivity contribution is -0.234. The van der Waals surface area contributed by atoms with Crippen LogP contribution in [0.15, 0.2) is 0 Å². The molecule has 0 radical (unpaired) electrons. The summed E-state index contributed by atoms with van der Waals surface area (Å²) in [5.41, 5.74) is 0.298. The summed E-state index contributed by atoms with van der Waals surface area (Å²) < 4.78 is 12.0. The third-order valence-electron chi connectivity index (χ3n) is 5.00. The van der Waals surface area contributed by atoms with E-state index in [4.69, 9.17) is 9.47 Å². The van der Waals surface area contributed by atoms with Crippen molar-refractivity contribution in [3.63, 3.8) is 0 Å². The van der Waals surface area contributed by atoms with Crippen molar-refractivity contribution in [2.45, 2.75) is 104 Å². The highest BCUT2D eigenvalue weighted by molar-refractivity contribution is 4.80. The quantitative estimate of drug-likeness (QED) is 0.406. The fourth-order valence-electron chi connectivity index (χ4n) is 3.14. The van der Waals surface area contributed by atoms with Crippen molar-refractivity contribution in [3.05, 3.63) is 0 Å². The van der Waals surface area contributed by atoms with E-state index in [-0.39, 0.29) is 6.29 Å². The molecule has 1 fully saturated rings. The summed E-state index contributed by atoms with van der Waals surface area (Å²) in [6.45, 7) is 8.63. The molecule has 1 aliphatic rings. The number of ether oxygens (including phenoxy) is 2. The minimum Gasteiger partial charge on any atom is -0.352 e. The van der Waals surface area contributed by atoms with Gasteiger partial charge < -0.3 is 9.47 Å². The van der Waals surface area contributed by atoms with Crippen LogP contribution >= 0.6 is 0 Å². The van der Waals surface area contributed by atoms with Gasteiger partial charge in [0.05, 0.1) is 13.2 Å². The van der Waals surface area contributed by atoms with E-state index in [1.54, 1.807) is 0 Å². The molecular formula is C19H38O2. The number of rotatable bonds is 12. The van der Waals surface area contributed by atoms with Gasteiger partial charge in [0.25, 0.3) is 0 Å². The summed E-state index contributed by atoms with van der Waals surface area (Å²) in [4.78, 5) is 0. The van der Waals surface area contributed by atoms with Gasteiger partial charge in [-0.25, -0.2) is 0 Å². The van der Waals surface area contributed by atoms with Gasteiger partial charge in [-0.1, -0.05) is 72.1 Å². The van der Waals surface area contributed by atoms with Crippen molar-refractivity contribution in [2.75, 3.05) is 13.2 Å². The zero-order valence-corrected chi connectivity index (χ0v) is 14.8. The number of hydrogen-bond donors (Lipinski definition) is 0. The fourth-order valence-corrected chi connectivity index (χ4v) is 3.14. The molecule has 0 bridgehead atoms. The molecule has 0 amide bonds. The Bertz CT molecular complexity index is 232. The van der Waals surface area contributed by atoms with Gasteiger partial charge in [0, 0.05) is 5.41 Å². The summed E-state index contributed by atoms with van der Waals surface area (Å²) in [7, 11) is 0. The first kappa shape index (κ1) is 19.0. The van der Waals surface area contributed by atoms with Gasteiger partial charge in [-0.15, -0.1) is 0 Å². The van der Waals surface area contributed by atoms with E-state index < -0.39 is 0 Å². The van der Waals surface area contributed by atoms with Crippen LogP contribution in [0.25, 0.3) is 0 Å². The SMILES string of the molecule is CCCCCCCCCC1OCC(CC)(CCCC)CO1. The van der Waals surface area contributed by atoms with Crippen LogP contribution in [-0.4, -0.2) is 19.5 Å². The molecule has 1 heterocycles. The summed E-state index contributed by atoms with van der Waals surface area (Å²) in [6, 6.07) is 0. The minimum absolute atomic E-state index is 0.0712. The number of unbranched alkanes of at least 4 members (excludes halogenated alkanes) is 7. The average Bonchev–Trinajstić information content (AvgIpc) is 2.53. The molecule has 2 heteroatoms. The van der Waals surface area contributed by atoms with Crippen molar-refractivity contribution in [1.29, 1.82) is 0 Å². The third-order valence-corrected chi connectivity index (χ3v) is 5.00.